The van der Waals surface area contributed by atoms with Gasteiger partial charge >= 0.3 is 0 Å². The fourth-order valence-corrected chi connectivity index (χ4v) is 2.50. The maximum Gasteiger partial charge on any atom is 0.131 e. The number of hydrogen-bond acceptors (Lipinski definition) is 3. The number of rotatable bonds is 3. The van der Waals surface area contributed by atoms with Gasteiger partial charge in [0.15, 0.2) is 0 Å². The first-order valence-electron chi connectivity index (χ1n) is 5.78. The van der Waals surface area contributed by atoms with Crippen LogP contribution in [0, 0.1) is 5.92 Å². The molecule has 1 saturated carbocycles. The van der Waals surface area contributed by atoms with Gasteiger partial charge in [-0.25, -0.2) is 4.98 Å². The van der Waals surface area contributed by atoms with Gasteiger partial charge in [0.25, 0.3) is 0 Å². The average molecular weight is 241 g/mol. The third-order valence-corrected chi connectivity index (χ3v) is 3.43. The third kappa shape index (κ3) is 2.86. The molecule has 1 fully saturated rings. The highest BCUT2D eigenvalue weighted by Crippen LogP contribution is 2.27. The summed E-state index contributed by atoms with van der Waals surface area (Å²) in [6.07, 6.45) is 6.37. The Balaban J connectivity index is 2.02. The van der Waals surface area contributed by atoms with Crippen molar-refractivity contribution in [3.63, 3.8) is 0 Å². The Hall–Kier alpha value is -0.800. The highest BCUT2D eigenvalue weighted by Gasteiger charge is 2.24. The van der Waals surface area contributed by atoms with Crippen LogP contribution in [0.1, 0.15) is 25.7 Å². The second-order valence-corrected chi connectivity index (χ2v) is 4.73. The molecule has 16 heavy (non-hydrogen) atoms. The van der Waals surface area contributed by atoms with Crippen molar-refractivity contribution < 1.29 is 5.11 Å². The van der Waals surface area contributed by atoms with E-state index < -0.39 is 0 Å². The van der Waals surface area contributed by atoms with E-state index in [1.807, 2.05) is 12.1 Å². The quantitative estimate of drug-likeness (QED) is 0.799. The first-order chi connectivity index (χ1) is 7.79. The van der Waals surface area contributed by atoms with Crippen LogP contribution >= 0.6 is 11.6 Å². The number of pyridine rings is 1. The molecule has 3 nitrogen and oxygen atoms in total. The Bertz CT molecular complexity index is 346. The van der Waals surface area contributed by atoms with Gasteiger partial charge in [0.2, 0.25) is 0 Å². The van der Waals surface area contributed by atoms with E-state index in [1.54, 1.807) is 6.20 Å². The Morgan fingerprint density at radius 2 is 2.25 bits per heavy atom. The number of nitrogens with one attached hydrogen (secondary N) is 1. The molecule has 1 aromatic rings. The number of halogens is 1. The summed E-state index contributed by atoms with van der Waals surface area (Å²) in [6.45, 7) is 0.260. The molecule has 88 valence electrons. The van der Waals surface area contributed by atoms with Gasteiger partial charge < -0.3 is 10.4 Å². The van der Waals surface area contributed by atoms with E-state index in [-0.39, 0.29) is 6.61 Å². The molecule has 4 heteroatoms. The number of anilines is 1. The molecule has 2 unspecified atom stereocenters. The molecule has 2 N–H and O–H groups in total. The van der Waals surface area contributed by atoms with Crippen LogP contribution in [0.2, 0.25) is 5.15 Å². The molecular formula is C12H17ClN2O. The summed E-state index contributed by atoms with van der Waals surface area (Å²) in [4.78, 5) is 3.95. The number of aliphatic hydroxyl groups is 1. The number of aromatic nitrogens is 1. The first kappa shape index (κ1) is 11.7. The first-order valence-corrected chi connectivity index (χ1v) is 6.16. The van der Waals surface area contributed by atoms with E-state index in [0.717, 1.165) is 18.5 Å². The van der Waals surface area contributed by atoms with Gasteiger partial charge in [-0.3, -0.25) is 0 Å². The minimum Gasteiger partial charge on any atom is -0.396 e. The molecular weight excluding hydrogens is 224 g/mol. The molecule has 0 amide bonds. The summed E-state index contributed by atoms with van der Waals surface area (Å²) in [6, 6.07) is 4.09. The Morgan fingerprint density at radius 3 is 3.00 bits per heavy atom. The molecule has 1 aliphatic carbocycles. The van der Waals surface area contributed by atoms with Gasteiger partial charge in [-0.15, -0.1) is 0 Å². The van der Waals surface area contributed by atoms with Gasteiger partial charge in [-0.2, -0.15) is 0 Å². The van der Waals surface area contributed by atoms with E-state index in [0.29, 0.717) is 17.1 Å². The van der Waals surface area contributed by atoms with E-state index in [2.05, 4.69) is 10.3 Å². The monoisotopic (exact) mass is 240 g/mol. The molecule has 0 radical (unpaired) electrons. The lowest BCUT2D eigenvalue weighted by atomic mass is 9.85. The van der Waals surface area contributed by atoms with Crippen molar-refractivity contribution in [3.8, 4) is 0 Å². The lowest BCUT2D eigenvalue weighted by molar-refractivity contribution is 0.178. The third-order valence-electron chi connectivity index (χ3n) is 3.22. The summed E-state index contributed by atoms with van der Waals surface area (Å²) in [5, 5.41) is 13.3. The van der Waals surface area contributed by atoms with Gasteiger partial charge in [-0.05, 0) is 25.0 Å². The van der Waals surface area contributed by atoms with Crippen molar-refractivity contribution >= 4 is 17.3 Å². The normalized spacial score (nSPS) is 25.4. The van der Waals surface area contributed by atoms with Crippen LogP contribution in [0.15, 0.2) is 18.3 Å². The van der Waals surface area contributed by atoms with E-state index >= 15 is 0 Å². The molecule has 2 rings (SSSR count). The Kier molecular flexibility index (Phi) is 4.02. The minimum atomic E-state index is 0.260. The van der Waals surface area contributed by atoms with Crippen LogP contribution in [-0.4, -0.2) is 22.7 Å². The van der Waals surface area contributed by atoms with Gasteiger partial charge in [-0.1, -0.05) is 24.4 Å². The van der Waals surface area contributed by atoms with E-state index in [1.165, 1.54) is 12.8 Å². The highest BCUT2D eigenvalue weighted by molar-refractivity contribution is 6.29. The molecule has 0 aliphatic heterocycles. The lowest BCUT2D eigenvalue weighted by Crippen LogP contribution is -2.34. The average Bonchev–Trinajstić information content (AvgIpc) is 2.30. The minimum absolute atomic E-state index is 0.260. The zero-order chi connectivity index (χ0) is 11.4. The lowest BCUT2D eigenvalue weighted by Gasteiger charge is -2.31. The van der Waals surface area contributed by atoms with Gasteiger partial charge in [0.1, 0.15) is 5.15 Å². The molecule has 1 heterocycles. The molecule has 0 saturated heterocycles. The van der Waals surface area contributed by atoms with Crippen LogP contribution in [0.25, 0.3) is 0 Å². The number of aliphatic hydroxyl groups excluding tert-OH is 1. The standard InChI is InChI=1S/C12H17ClN2O/c13-12-7-10(5-6-14-12)15-11-4-2-1-3-9(11)8-16/h5-7,9,11,16H,1-4,8H2,(H,14,15). The van der Waals surface area contributed by atoms with Crippen molar-refractivity contribution in [2.45, 2.75) is 31.7 Å². The summed E-state index contributed by atoms with van der Waals surface area (Å²) >= 11 is 5.83. The fraction of sp³-hybridized carbons (Fsp3) is 0.583. The van der Waals surface area contributed by atoms with Gasteiger partial charge in [0, 0.05) is 30.5 Å². The number of nitrogens with zero attached hydrogens (tertiary/aromatic N) is 1. The summed E-state index contributed by atoms with van der Waals surface area (Å²) in [5.41, 5.74) is 0.991. The van der Waals surface area contributed by atoms with Crippen molar-refractivity contribution in [2.75, 3.05) is 11.9 Å². The van der Waals surface area contributed by atoms with Gasteiger partial charge in [0.05, 0.1) is 0 Å². The zero-order valence-electron chi connectivity index (χ0n) is 9.19. The zero-order valence-corrected chi connectivity index (χ0v) is 9.95. The summed E-state index contributed by atoms with van der Waals surface area (Å²) in [7, 11) is 0. The second kappa shape index (κ2) is 5.51. The molecule has 2 atom stereocenters. The highest BCUT2D eigenvalue weighted by atomic mass is 35.5. The van der Waals surface area contributed by atoms with Crippen molar-refractivity contribution in [3.05, 3.63) is 23.5 Å². The maximum absolute atomic E-state index is 9.32. The van der Waals surface area contributed by atoms with Crippen molar-refractivity contribution in [1.82, 2.24) is 4.98 Å². The van der Waals surface area contributed by atoms with E-state index in [9.17, 15) is 5.11 Å². The predicted molar refractivity (Wildman–Crippen MR) is 65.7 cm³/mol. The molecule has 0 bridgehead atoms. The van der Waals surface area contributed by atoms with Crippen molar-refractivity contribution in [1.29, 1.82) is 0 Å². The Morgan fingerprint density at radius 1 is 1.44 bits per heavy atom. The molecule has 1 aliphatic rings. The maximum atomic E-state index is 9.32. The SMILES string of the molecule is OCC1CCCCC1Nc1ccnc(Cl)c1. The predicted octanol–water partition coefficient (Wildman–Crippen LogP) is 2.70. The number of hydrogen-bond donors (Lipinski definition) is 2. The molecule has 1 aromatic heterocycles. The van der Waals surface area contributed by atoms with E-state index in [4.69, 9.17) is 11.6 Å². The second-order valence-electron chi connectivity index (χ2n) is 4.35. The molecule has 0 aromatic carbocycles. The largest absolute Gasteiger partial charge is 0.396 e. The van der Waals surface area contributed by atoms with Crippen LogP contribution < -0.4 is 5.32 Å². The topological polar surface area (TPSA) is 45.1 Å². The van der Waals surface area contributed by atoms with Crippen LogP contribution in [0.3, 0.4) is 0 Å². The summed E-state index contributed by atoms with van der Waals surface area (Å²) in [5.74, 6) is 0.362. The van der Waals surface area contributed by atoms with Crippen LogP contribution in [0.4, 0.5) is 5.69 Å². The Labute approximate surface area is 101 Å². The van der Waals surface area contributed by atoms with Crippen molar-refractivity contribution in [2.24, 2.45) is 5.92 Å². The summed E-state index contributed by atoms with van der Waals surface area (Å²) < 4.78 is 0. The van der Waals surface area contributed by atoms with Crippen LogP contribution in [0.5, 0.6) is 0 Å². The fourth-order valence-electron chi connectivity index (χ4n) is 2.32. The molecule has 0 spiro atoms. The van der Waals surface area contributed by atoms with Crippen LogP contribution in [-0.2, 0) is 0 Å². The smallest absolute Gasteiger partial charge is 0.131 e.